The Hall–Kier alpha value is -1.18. The number of carbonyl (C=O) groups is 1. The number of thioether (sulfide) groups is 1. The highest BCUT2D eigenvalue weighted by molar-refractivity contribution is 9.09. The van der Waals surface area contributed by atoms with Crippen LogP contribution in [0.3, 0.4) is 0 Å². The van der Waals surface area contributed by atoms with Crippen LogP contribution in [0.5, 0.6) is 0 Å². The molecule has 0 radical (unpaired) electrons. The fraction of sp³-hybridized carbons (Fsp3) is 0.235. The van der Waals surface area contributed by atoms with E-state index in [1.54, 1.807) is 30.3 Å². The highest BCUT2D eigenvalue weighted by atomic mass is 79.9. The summed E-state index contributed by atoms with van der Waals surface area (Å²) in [4.78, 5) is 13.8. The number of halogens is 5. The smallest absolute Gasteiger partial charge is 0.311 e. The molecule has 0 N–H and O–H groups in total. The third kappa shape index (κ3) is 4.33. The minimum Gasteiger partial charge on any atom is -0.311 e. The number of nitrogens with zero attached hydrogens (tertiary/aromatic N) is 1. The number of fused-ring (bicyclic) bond motifs is 1. The number of hydrogen-bond acceptors (Lipinski definition) is 2. The summed E-state index contributed by atoms with van der Waals surface area (Å²) in [6.45, 7) is 0.448. The van der Waals surface area contributed by atoms with Gasteiger partial charge in [-0.25, -0.2) is 0 Å². The molecular formula is C17H12BrClF3NOS. The molecule has 0 bridgehead atoms. The number of amides is 1. The predicted molar refractivity (Wildman–Crippen MR) is 97.5 cm³/mol. The van der Waals surface area contributed by atoms with Gasteiger partial charge >= 0.3 is 5.51 Å². The van der Waals surface area contributed by atoms with Crippen LogP contribution in [0.15, 0.2) is 47.4 Å². The summed E-state index contributed by atoms with van der Waals surface area (Å²) >= 11 is 9.06. The van der Waals surface area contributed by atoms with Crippen molar-refractivity contribution in [2.45, 2.75) is 21.7 Å². The second-order valence-corrected chi connectivity index (χ2v) is 7.98. The lowest BCUT2D eigenvalue weighted by Gasteiger charge is -2.21. The maximum Gasteiger partial charge on any atom is 0.446 e. The Bertz CT molecular complexity index is 797. The van der Waals surface area contributed by atoms with Gasteiger partial charge in [-0.05, 0) is 53.6 Å². The van der Waals surface area contributed by atoms with Gasteiger partial charge in [0.2, 0.25) is 5.91 Å². The maximum absolute atomic E-state index is 12.8. The fourth-order valence-electron chi connectivity index (χ4n) is 2.70. The van der Waals surface area contributed by atoms with Crippen molar-refractivity contribution in [2.24, 2.45) is 0 Å². The largest absolute Gasteiger partial charge is 0.446 e. The summed E-state index contributed by atoms with van der Waals surface area (Å²) in [5.74, 6) is -0.213. The Morgan fingerprint density at radius 1 is 1.20 bits per heavy atom. The van der Waals surface area contributed by atoms with E-state index < -0.39 is 10.3 Å². The van der Waals surface area contributed by atoms with Crippen molar-refractivity contribution in [2.75, 3.05) is 11.4 Å². The molecule has 0 saturated heterocycles. The van der Waals surface area contributed by atoms with Crippen LogP contribution in [-0.4, -0.2) is 18.0 Å². The molecular weight excluding hydrogens is 439 g/mol. The average molecular weight is 451 g/mol. The van der Waals surface area contributed by atoms with Crippen LogP contribution in [-0.2, 0) is 11.2 Å². The Labute approximate surface area is 160 Å². The molecule has 132 valence electrons. The van der Waals surface area contributed by atoms with Crippen LogP contribution in [0, 0.1) is 0 Å². The van der Waals surface area contributed by atoms with Crippen molar-refractivity contribution in [3.8, 4) is 0 Å². The van der Waals surface area contributed by atoms with E-state index in [0.717, 1.165) is 11.1 Å². The zero-order valence-electron chi connectivity index (χ0n) is 12.7. The third-order valence-electron chi connectivity index (χ3n) is 3.83. The topological polar surface area (TPSA) is 20.3 Å². The lowest BCUT2D eigenvalue weighted by Crippen LogP contribution is -2.31. The fourth-order valence-corrected chi connectivity index (χ4v) is 3.95. The van der Waals surface area contributed by atoms with Gasteiger partial charge in [-0.3, -0.25) is 4.79 Å². The van der Waals surface area contributed by atoms with E-state index in [0.29, 0.717) is 23.7 Å². The normalized spacial score (nSPS) is 15.2. The van der Waals surface area contributed by atoms with Gasteiger partial charge in [0.25, 0.3) is 0 Å². The molecule has 0 saturated carbocycles. The van der Waals surface area contributed by atoms with Crippen LogP contribution >= 0.6 is 39.3 Å². The van der Waals surface area contributed by atoms with Crippen LogP contribution in [0.1, 0.15) is 16.0 Å². The van der Waals surface area contributed by atoms with Crippen molar-refractivity contribution in [1.82, 2.24) is 0 Å². The number of benzene rings is 2. The summed E-state index contributed by atoms with van der Waals surface area (Å²) in [5.41, 5.74) is -2.21. The van der Waals surface area contributed by atoms with E-state index in [9.17, 15) is 18.0 Å². The molecule has 1 unspecified atom stereocenters. The molecule has 3 rings (SSSR count). The molecule has 0 spiro atoms. The molecule has 0 aromatic heterocycles. The van der Waals surface area contributed by atoms with Crippen molar-refractivity contribution >= 4 is 50.9 Å². The first-order valence-electron chi connectivity index (χ1n) is 7.34. The predicted octanol–water partition coefficient (Wildman–Crippen LogP) is 5.98. The van der Waals surface area contributed by atoms with Gasteiger partial charge < -0.3 is 4.90 Å². The third-order valence-corrected chi connectivity index (χ3v) is 5.72. The Kier molecular flexibility index (Phi) is 5.37. The number of rotatable bonds is 3. The SMILES string of the molecule is O=C(C(Br)c1ccc(Cl)cc1)N1CCc2ccc(SC(F)(F)F)cc21. The van der Waals surface area contributed by atoms with Gasteiger partial charge in [0, 0.05) is 22.2 Å². The minimum atomic E-state index is -4.36. The highest BCUT2D eigenvalue weighted by Crippen LogP contribution is 2.41. The first-order valence-corrected chi connectivity index (χ1v) is 9.45. The summed E-state index contributed by atoms with van der Waals surface area (Å²) < 4.78 is 37.8. The van der Waals surface area contributed by atoms with E-state index in [1.807, 2.05) is 0 Å². The molecule has 1 atom stereocenters. The van der Waals surface area contributed by atoms with Crippen molar-refractivity contribution in [3.05, 3.63) is 58.6 Å². The molecule has 2 aromatic carbocycles. The highest BCUT2D eigenvalue weighted by Gasteiger charge is 2.33. The monoisotopic (exact) mass is 449 g/mol. The molecule has 1 aliphatic heterocycles. The lowest BCUT2D eigenvalue weighted by atomic mass is 10.1. The van der Waals surface area contributed by atoms with Crippen molar-refractivity contribution in [1.29, 1.82) is 0 Å². The van der Waals surface area contributed by atoms with E-state index in [4.69, 9.17) is 11.6 Å². The Morgan fingerprint density at radius 3 is 2.52 bits per heavy atom. The number of anilines is 1. The minimum absolute atomic E-state index is 0.0727. The van der Waals surface area contributed by atoms with Crippen LogP contribution in [0.2, 0.25) is 5.02 Å². The van der Waals surface area contributed by atoms with E-state index in [-0.39, 0.29) is 22.6 Å². The van der Waals surface area contributed by atoms with Gasteiger partial charge in [0.05, 0.1) is 0 Å². The standard InChI is InChI=1S/C17H12BrClF3NOS/c18-15(11-1-4-12(19)5-2-11)16(24)23-8-7-10-3-6-13(9-14(10)23)25-17(20,21)22/h1-6,9,15H,7-8H2. The number of alkyl halides is 4. The molecule has 0 aliphatic carbocycles. The van der Waals surface area contributed by atoms with Crippen molar-refractivity contribution in [3.63, 3.8) is 0 Å². The Balaban J connectivity index is 1.84. The summed E-state index contributed by atoms with van der Waals surface area (Å²) in [5, 5.41) is 0.566. The van der Waals surface area contributed by atoms with E-state index in [2.05, 4.69) is 15.9 Å². The second kappa shape index (κ2) is 7.21. The van der Waals surface area contributed by atoms with Gasteiger partial charge in [-0.2, -0.15) is 13.2 Å². The van der Waals surface area contributed by atoms with Gasteiger partial charge in [0.15, 0.2) is 0 Å². The van der Waals surface area contributed by atoms with Crippen LogP contribution < -0.4 is 4.90 Å². The van der Waals surface area contributed by atoms with Gasteiger partial charge in [-0.15, -0.1) is 0 Å². The first-order chi connectivity index (χ1) is 11.7. The van der Waals surface area contributed by atoms with Crippen LogP contribution in [0.25, 0.3) is 0 Å². The molecule has 1 heterocycles. The number of hydrogen-bond donors (Lipinski definition) is 0. The first kappa shape index (κ1) is 18.6. The molecule has 25 heavy (non-hydrogen) atoms. The maximum atomic E-state index is 12.8. The molecule has 2 aromatic rings. The molecule has 2 nitrogen and oxygen atoms in total. The summed E-state index contributed by atoms with van der Waals surface area (Å²) in [6, 6.07) is 11.4. The average Bonchev–Trinajstić information content (AvgIpc) is 2.96. The van der Waals surface area contributed by atoms with Gasteiger partial charge in [0.1, 0.15) is 4.83 Å². The Morgan fingerprint density at radius 2 is 1.88 bits per heavy atom. The second-order valence-electron chi connectivity index (χ2n) is 5.49. The lowest BCUT2D eigenvalue weighted by molar-refractivity contribution is -0.118. The zero-order chi connectivity index (χ0) is 18.2. The van der Waals surface area contributed by atoms with Crippen LogP contribution in [0.4, 0.5) is 18.9 Å². The van der Waals surface area contributed by atoms with Gasteiger partial charge in [-0.1, -0.05) is 45.7 Å². The quantitative estimate of drug-likeness (QED) is 0.424. The molecule has 0 fully saturated rings. The molecule has 1 aliphatic rings. The summed E-state index contributed by atoms with van der Waals surface area (Å²) in [7, 11) is 0. The summed E-state index contributed by atoms with van der Waals surface area (Å²) in [6.07, 6.45) is 0.623. The molecule has 1 amide bonds. The van der Waals surface area contributed by atoms with Crippen molar-refractivity contribution < 1.29 is 18.0 Å². The number of carbonyl (C=O) groups excluding carboxylic acids is 1. The molecule has 8 heteroatoms. The zero-order valence-corrected chi connectivity index (χ0v) is 15.8. The van der Waals surface area contributed by atoms with E-state index in [1.165, 1.54) is 17.0 Å². The van der Waals surface area contributed by atoms with E-state index >= 15 is 0 Å².